The third-order valence-electron chi connectivity index (χ3n) is 2.60. The molecule has 0 amide bonds. The molecule has 0 spiro atoms. The maximum absolute atomic E-state index is 11.4. The van der Waals surface area contributed by atoms with E-state index in [1.54, 1.807) is 13.2 Å². The number of nitrogens with two attached hydrogens (primary N) is 1. The second-order valence-corrected chi connectivity index (χ2v) is 3.80. The van der Waals surface area contributed by atoms with Gasteiger partial charge in [-0.25, -0.2) is 0 Å². The highest BCUT2D eigenvalue weighted by Crippen LogP contribution is 2.26. The molecule has 0 saturated heterocycles. The second-order valence-electron chi connectivity index (χ2n) is 3.80. The standard InChI is InChI=1S/C13H15NO3/c1-2-16-13(15)7-11(14)10-8-17-12-6-4-3-5-9(10)12/h3-6,8,11H,2,7,14H2,1H3/t11-/m0/s1. The van der Waals surface area contributed by atoms with E-state index in [0.717, 1.165) is 16.5 Å². The monoisotopic (exact) mass is 233 g/mol. The van der Waals surface area contributed by atoms with Crippen LogP contribution in [0.5, 0.6) is 0 Å². The Morgan fingerprint density at radius 1 is 1.47 bits per heavy atom. The van der Waals surface area contributed by atoms with Crippen LogP contribution in [0.2, 0.25) is 0 Å². The van der Waals surface area contributed by atoms with Gasteiger partial charge in [0.2, 0.25) is 0 Å². The van der Waals surface area contributed by atoms with Crippen LogP contribution in [-0.2, 0) is 9.53 Å². The van der Waals surface area contributed by atoms with Gasteiger partial charge in [0.25, 0.3) is 0 Å². The highest BCUT2D eigenvalue weighted by atomic mass is 16.5. The quantitative estimate of drug-likeness (QED) is 0.823. The first-order valence-corrected chi connectivity index (χ1v) is 5.59. The SMILES string of the molecule is CCOC(=O)C[C@H](N)c1coc2ccccc12. The molecule has 0 radical (unpaired) electrons. The fraction of sp³-hybridized carbons (Fsp3) is 0.308. The smallest absolute Gasteiger partial charge is 0.307 e. The molecule has 0 aliphatic heterocycles. The van der Waals surface area contributed by atoms with E-state index in [-0.39, 0.29) is 12.4 Å². The molecule has 1 aromatic carbocycles. The van der Waals surface area contributed by atoms with Crippen molar-refractivity contribution in [2.24, 2.45) is 5.73 Å². The van der Waals surface area contributed by atoms with Gasteiger partial charge in [0.1, 0.15) is 5.58 Å². The van der Waals surface area contributed by atoms with E-state index < -0.39 is 6.04 Å². The molecule has 0 unspecified atom stereocenters. The third-order valence-corrected chi connectivity index (χ3v) is 2.60. The van der Waals surface area contributed by atoms with Crippen molar-refractivity contribution in [3.8, 4) is 0 Å². The topological polar surface area (TPSA) is 65.5 Å². The molecule has 0 bridgehead atoms. The van der Waals surface area contributed by atoms with Crippen molar-refractivity contribution in [2.45, 2.75) is 19.4 Å². The Morgan fingerprint density at radius 2 is 2.24 bits per heavy atom. The number of benzene rings is 1. The van der Waals surface area contributed by atoms with Crippen LogP contribution >= 0.6 is 0 Å². The summed E-state index contributed by atoms with van der Waals surface area (Å²) in [6.07, 6.45) is 1.77. The molecule has 2 rings (SSSR count). The highest BCUT2D eigenvalue weighted by molar-refractivity contribution is 5.82. The first-order valence-electron chi connectivity index (χ1n) is 5.59. The number of hydrogen-bond acceptors (Lipinski definition) is 4. The van der Waals surface area contributed by atoms with Gasteiger partial charge in [-0.05, 0) is 13.0 Å². The van der Waals surface area contributed by atoms with E-state index in [1.165, 1.54) is 0 Å². The van der Waals surface area contributed by atoms with Crippen molar-refractivity contribution in [1.82, 2.24) is 0 Å². The molecule has 0 saturated carbocycles. The number of rotatable bonds is 4. The van der Waals surface area contributed by atoms with Crippen LogP contribution in [0, 0.1) is 0 Å². The summed E-state index contributed by atoms with van der Waals surface area (Å²) in [5.74, 6) is -0.287. The molecule has 1 aromatic heterocycles. The van der Waals surface area contributed by atoms with Crippen molar-refractivity contribution in [2.75, 3.05) is 6.61 Å². The molecular weight excluding hydrogens is 218 g/mol. The van der Waals surface area contributed by atoms with Crippen LogP contribution in [0.4, 0.5) is 0 Å². The van der Waals surface area contributed by atoms with Gasteiger partial charge in [-0.15, -0.1) is 0 Å². The number of fused-ring (bicyclic) bond motifs is 1. The zero-order valence-electron chi connectivity index (χ0n) is 9.68. The predicted octanol–water partition coefficient (Wildman–Crippen LogP) is 2.39. The minimum absolute atomic E-state index is 0.164. The number of furan rings is 1. The fourth-order valence-electron chi connectivity index (χ4n) is 1.79. The molecule has 0 fully saturated rings. The van der Waals surface area contributed by atoms with Gasteiger partial charge in [-0.1, -0.05) is 18.2 Å². The summed E-state index contributed by atoms with van der Waals surface area (Å²) in [6, 6.07) is 7.22. The zero-order valence-corrected chi connectivity index (χ0v) is 9.68. The summed E-state index contributed by atoms with van der Waals surface area (Å²) >= 11 is 0. The number of ether oxygens (including phenoxy) is 1. The fourth-order valence-corrected chi connectivity index (χ4v) is 1.79. The Kier molecular flexibility index (Phi) is 3.44. The van der Waals surface area contributed by atoms with Crippen LogP contribution < -0.4 is 5.73 Å². The minimum atomic E-state index is -0.391. The van der Waals surface area contributed by atoms with Crippen molar-refractivity contribution in [3.05, 3.63) is 36.1 Å². The van der Waals surface area contributed by atoms with Gasteiger partial charge in [0.05, 0.1) is 19.3 Å². The summed E-state index contributed by atoms with van der Waals surface area (Å²) < 4.78 is 10.3. The largest absolute Gasteiger partial charge is 0.466 e. The first-order chi connectivity index (χ1) is 8.22. The molecular formula is C13H15NO3. The summed E-state index contributed by atoms with van der Waals surface area (Å²) in [5, 5.41) is 0.948. The lowest BCUT2D eigenvalue weighted by Gasteiger charge is -2.09. The zero-order chi connectivity index (χ0) is 12.3. The van der Waals surface area contributed by atoms with E-state index in [9.17, 15) is 4.79 Å². The van der Waals surface area contributed by atoms with Crippen LogP contribution in [0.3, 0.4) is 0 Å². The molecule has 2 aromatic rings. The molecule has 2 N–H and O–H groups in total. The Labute approximate surface area is 99.3 Å². The predicted molar refractivity (Wildman–Crippen MR) is 64.4 cm³/mol. The van der Waals surface area contributed by atoms with Crippen molar-refractivity contribution < 1.29 is 13.9 Å². The average molecular weight is 233 g/mol. The van der Waals surface area contributed by atoms with E-state index in [2.05, 4.69) is 0 Å². The van der Waals surface area contributed by atoms with Gasteiger partial charge in [-0.3, -0.25) is 4.79 Å². The van der Waals surface area contributed by atoms with Gasteiger partial charge in [0, 0.05) is 17.0 Å². The van der Waals surface area contributed by atoms with Gasteiger partial charge < -0.3 is 14.9 Å². The van der Waals surface area contributed by atoms with E-state index in [0.29, 0.717) is 6.61 Å². The van der Waals surface area contributed by atoms with Crippen LogP contribution in [0.25, 0.3) is 11.0 Å². The maximum Gasteiger partial charge on any atom is 0.307 e. The minimum Gasteiger partial charge on any atom is -0.466 e. The Balaban J connectivity index is 2.19. The van der Waals surface area contributed by atoms with Crippen LogP contribution in [0.1, 0.15) is 24.9 Å². The summed E-state index contributed by atoms with van der Waals surface area (Å²) in [4.78, 5) is 11.4. The number of hydrogen-bond donors (Lipinski definition) is 1. The molecule has 0 aliphatic rings. The highest BCUT2D eigenvalue weighted by Gasteiger charge is 2.16. The van der Waals surface area contributed by atoms with Gasteiger partial charge in [0.15, 0.2) is 0 Å². The van der Waals surface area contributed by atoms with Crippen molar-refractivity contribution in [3.63, 3.8) is 0 Å². The third kappa shape index (κ3) is 2.47. The van der Waals surface area contributed by atoms with Crippen LogP contribution in [0.15, 0.2) is 34.9 Å². The van der Waals surface area contributed by atoms with E-state index in [4.69, 9.17) is 14.9 Å². The number of carbonyl (C=O) groups is 1. The summed E-state index contributed by atoms with van der Waals surface area (Å²) in [6.45, 7) is 2.15. The Bertz CT molecular complexity index is 518. The average Bonchev–Trinajstić information content (AvgIpc) is 2.72. The lowest BCUT2D eigenvalue weighted by Crippen LogP contribution is -2.16. The normalized spacial score (nSPS) is 12.6. The van der Waals surface area contributed by atoms with Gasteiger partial charge >= 0.3 is 5.97 Å². The number of esters is 1. The Hall–Kier alpha value is -1.81. The molecule has 1 atom stereocenters. The maximum atomic E-state index is 11.4. The Morgan fingerprint density at radius 3 is 3.00 bits per heavy atom. The van der Waals surface area contributed by atoms with E-state index in [1.807, 2.05) is 24.3 Å². The van der Waals surface area contributed by atoms with Crippen molar-refractivity contribution >= 4 is 16.9 Å². The van der Waals surface area contributed by atoms with Crippen molar-refractivity contribution in [1.29, 1.82) is 0 Å². The first kappa shape index (κ1) is 11.7. The summed E-state index contributed by atoms with van der Waals surface area (Å²) in [7, 11) is 0. The number of para-hydroxylation sites is 1. The van der Waals surface area contributed by atoms with Crippen LogP contribution in [-0.4, -0.2) is 12.6 Å². The number of carbonyl (C=O) groups excluding carboxylic acids is 1. The molecule has 4 nitrogen and oxygen atoms in total. The summed E-state index contributed by atoms with van der Waals surface area (Å²) in [5.41, 5.74) is 7.60. The molecule has 17 heavy (non-hydrogen) atoms. The lowest BCUT2D eigenvalue weighted by molar-refractivity contribution is -0.143. The molecule has 4 heteroatoms. The second kappa shape index (κ2) is 5.01. The van der Waals surface area contributed by atoms with E-state index >= 15 is 0 Å². The molecule has 0 aliphatic carbocycles. The lowest BCUT2D eigenvalue weighted by atomic mass is 10.0. The molecule has 90 valence electrons. The van der Waals surface area contributed by atoms with Gasteiger partial charge in [-0.2, -0.15) is 0 Å². The molecule has 1 heterocycles.